The third-order valence-corrected chi connectivity index (χ3v) is 5.36. The summed E-state index contributed by atoms with van der Waals surface area (Å²) in [5.41, 5.74) is 6.53. The summed E-state index contributed by atoms with van der Waals surface area (Å²) in [6.07, 6.45) is 7.56. The lowest BCUT2D eigenvalue weighted by Gasteiger charge is -2.25. The molecule has 1 aliphatic carbocycles. The van der Waals surface area contributed by atoms with Gasteiger partial charge in [-0.2, -0.15) is 0 Å². The van der Waals surface area contributed by atoms with Crippen molar-refractivity contribution < 1.29 is 4.79 Å². The summed E-state index contributed by atoms with van der Waals surface area (Å²) >= 11 is 1.50. The van der Waals surface area contributed by atoms with Gasteiger partial charge in [0.2, 0.25) is 5.91 Å². The smallest absolute Gasteiger partial charge is 0.246 e. The number of amides is 1. The van der Waals surface area contributed by atoms with Crippen molar-refractivity contribution in [2.45, 2.75) is 57.0 Å². The van der Waals surface area contributed by atoms with Crippen LogP contribution in [0.4, 0.5) is 5.13 Å². The molecule has 2 fully saturated rings. The fourth-order valence-corrected chi connectivity index (χ4v) is 3.93. The molecular formula is C15H24N4OS. The van der Waals surface area contributed by atoms with Gasteiger partial charge >= 0.3 is 0 Å². The van der Waals surface area contributed by atoms with Crippen LogP contribution in [0.3, 0.4) is 0 Å². The molecule has 2 heterocycles. The normalized spacial score (nSPS) is 22.3. The molecule has 5 nitrogen and oxygen atoms in total. The predicted octanol–water partition coefficient (Wildman–Crippen LogP) is 2.34. The highest BCUT2D eigenvalue weighted by Crippen LogP contribution is 2.29. The number of nitrogens with two attached hydrogens (primary N) is 1. The van der Waals surface area contributed by atoms with Gasteiger partial charge in [-0.15, -0.1) is 11.3 Å². The van der Waals surface area contributed by atoms with Crippen LogP contribution in [0.15, 0.2) is 5.38 Å². The first-order chi connectivity index (χ1) is 10.2. The zero-order valence-corrected chi connectivity index (χ0v) is 13.3. The van der Waals surface area contributed by atoms with E-state index in [2.05, 4.69) is 15.2 Å². The number of carbonyl (C=O) groups is 1. The van der Waals surface area contributed by atoms with Crippen molar-refractivity contribution >= 4 is 22.4 Å². The number of hydrogen-bond acceptors (Lipinski definition) is 5. The van der Waals surface area contributed by atoms with Crippen molar-refractivity contribution in [1.29, 1.82) is 0 Å². The van der Waals surface area contributed by atoms with Crippen molar-refractivity contribution in [2.24, 2.45) is 5.73 Å². The van der Waals surface area contributed by atoms with Gasteiger partial charge in [0.05, 0.1) is 11.2 Å². The summed E-state index contributed by atoms with van der Waals surface area (Å²) in [7, 11) is 0. The quantitative estimate of drug-likeness (QED) is 0.895. The molecule has 6 heteroatoms. The number of thiazole rings is 1. The van der Waals surface area contributed by atoms with E-state index in [1.165, 1.54) is 30.6 Å². The Kier molecular flexibility index (Phi) is 4.57. The van der Waals surface area contributed by atoms with E-state index in [-0.39, 0.29) is 5.91 Å². The molecule has 0 spiro atoms. The molecule has 3 rings (SSSR count). The summed E-state index contributed by atoms with van der Waals surface area (Å²) in [6.45, 7) is 3.20. The lowest BCUT2D eigenvalue weighted by atomic mass is 9.98. The Labute approximate surface area is 129 Å². The van der Waals surface area contributed by atoms with E-state index in [0.717, 1.165) is 51.0 Å². The van der Waals surface area contributed by atoms with E-state index in [1.807, 2.05) is 5.38 Å². The van der Waals surface area contributed by atoms with Crippen molar-refractivity contribution in [1.82, 2.24) is 9.88 Å². The number of nitrogens with one attached hydrogen (secondary N) is 1. The fourth-order valence-electron chi connectivity index (χ4n) is 3.24. The number of hydrogen-bond donors (Lipinski definition) is 2. The maximum absolute atomic E-state index is 12.3. The zero-order valence-electron chi connectivity index (χ0n) is 12.4. The van der Waals surface area contributed by atoms with Crippen molar-refractivity contribution in [2.75, 3.05) is 18.4 Å². The van der Waals surface area contributed by atoms with E-state index in [0.29, 0.717) is 5.13 Å². The Bertz CT molecular complexity index is 490. The predicted molar refractivity (Wildman–Crippen MR) is 85.3 cm³/mol. The Balaban J connectivity index is 1.56. The second kappa shape index (κ2) is 6.42. The summed E-state index contributed by atoms with van der Waals surface area (Å²) < 4.78 is 0. The van der Waals surface area contributed by atoms with Gasteiger partial charge in [-0.05, 0) is 38.8 Å². The first kappa shape index (κ1) is 14.9. The van der Waals surface area contributed by atoms with Crippen LogP contribution in [0.25, 0.3) is 0 Å². The van der Waals surface area contributed by atoms with E-state index in [4.69, 9.17) is 5.73 Å². The number of piperidine rings is 1. The van der Waals surface area contributed by atoms with Crippen molar-refractivity contribution in [3.05, 3.63) is 11.1 Å². The molecule has 0 radical (unpaired) electrons. The van der Waals surface area contributed by atoms with Crippen LogP contribution in [0.2, 0.25) is 0 Å². The Hall–Kier alpha value is -0.980. The maximum atomic E-state index is 12.3. The van der Waals surface area contributed by atoms with E-state index >= 15 is 0 Å². The Morgan fingerprint density at radius 3 is 2.71 bits per heavy atom. The van der Waals surface area contributed by atoms with E-state index in [1.54, 1.807) is 0 Å². The third-order valence-electron chi connectivity index (χ3n) is 4.55. The molecule has 0 bridgehead atoms. The van der Waals surface area contributed by atoms with Crippen LogP contribution >= 0.6 is 11.3 Å². The molecule has 1 saturated carbocycles. The first-order valence-electron chi connectivity index (χ1n) is 7.93. The number of aromatic nitrogens is 1. The molecule has 21 heavy (non-hydrogen) atoms. The van der Waals surface area contributed by atoms with Gasteiger partial charge in [0.25, 0.3) is 0 Å². The van der Waals surface area contributed by atoms with Crippen LogP contribution < -0.4 is 11.1 Å². The topological polar surface area (TPSA) is 71.2 Å². The first-order valence-corrected chi connectivity index (χ1v) is 8.81. The van der Waals surface area contributed by atoms with Gasteiger partial charge in [0.1, 0.15) is 0 Å². The lowest BCUT2D eigenvalue weighted by molar-refractivity contribution is -0.121. The number of likely N-dealkylation sites (tertiary alicyclic amines) is 1. The third kappa shape index (κ3) is 3.62. The second-order valence-corrected chi connectivity index (χ2v) is 7.16. The highest BCUT2D eigenvalue weighted by Gasteiger charge is 2.37. The van der Waals surface area contributed by atoms with Crippen LogP contribution in [0.5, 0.6) is 0 Å². The van der Waals surface area contributed by atoms with Crippen LogP contribution in [-0.4, -0.2) is 34.4 Å². The SMILES string of the molecule is NC1(C(=O)Nc2nc(CN3CCCCC3)cs2)CCCC1. The fraction of sp³-hybridized carbons (Fsp3) is 0.733. The molecule has 1 amide bonds. The minimum atomic E-state index is -0.682. The van der Waals surface area contributed by atoms with Gasteiger partial charge in [0.15, 0.2) is 5.13 Å². The van der Waals surface area contributed by atoms with Crippen molar-refractivity contribution in [3.8, 4) is 0 Å². The Morgan fingerprint density at radius 1 is 1.29 bits per heavy atom. The minimum absolute atomic E-state index is 0.0705. The summed E-state index contributed by atoms with van der Waals surface area (Å²) in [5.74, 6) is -0.0705. The average Bonchev–Trinajstić information content (AvgIpc) is 3.10. The molecular weight excluding hydrogens is 284 g/mol. The molecule has 0 atom stereocenters. The molecule has 1 aliphatic heterocycles. The maximum Gasteiger partial charge on any atom is 0.246 e. The van der Waals surface area contributed by atoms with Gasteiger partial charge < -0.3 is 11.1 Å². The van der Waals surface area contributed by atoms with Gasteiger partial charge in [-0.25, -0.2) is 4.98 Å². The monoisotopic (exact) mass is 308 g/mol. The molecule has 2 aliphatic rings. The lowest BCUT2D eigenvalue weighted by Crippen LogP contribution is -2.48. The molecule has 0 aromatic carbocycles. The second-order valence-electron chi connectivity index (χ2n) is 6.30. The largest absolute Gasteiger partial charge is 0.317 e. The average molecular weight is 308 g/mol. The Morgan fingerprint density at radius 2 is 2.00 bits per heavy atom. The molecule has 1 saturated heterocycles. The number of anilines is 1. The number of carbonyl (C=O) groups excluding carboxylic acids is 1. The van der Waals surface area contributed by atoms with Gasteiger partial charge in [-0.3, -0.25) is 9.69 Å². The molecule has 0 unspecified atom stereocenters. The highest BCUT2D eigenvalue weighted by atomic mass is 32.1. The molecule has 1 aromatic heterocycles. The zero-order chi connectivity index (χ0) is 14.7. The summed E-state index contributed by atoms with van der Waals surface area (Å²) in [4.78, 5) is 19.2. The van der Waals surface area contributed by atoms with Gasteiger partial charge in [-0.1, -0.05) is 19.3 Å². The standard InChI is InChI=1S/C15H24N4OS/c16-15(6-2-3-7-15)13(20)18-14-17-12(11-21-14)10-19-8-4-1-5-9-19/h11H,1-10,16H2,(H,17,18,20). The van der Waals surface area contributed by atoms with Gasteiger partial charge in [0, 0.05) is 11.9 Å². The van der Waals surface area contributed by atoms with Crippen LogP contribution in [-0.2, 0) is 11.3 Å². The summed E-state index contributed by atoms with van der Waals surface area (Å²) in [5, 5.41) is 5.63. The van der Waals surface area contributed by atoms with Crippen LogP contribution in [0.1, 0.15) is 50.6 Å². The number of rotatable bonds is 4. The van der Waals surface area contributed by atoms with Crippen molar-refractivity contribution in [3.63, 3.8) is 0 Å². The van der Waals surface area contributed by atoms with E-state index < -0.39 is 5.54 Å². The molecule has 3 N–H and O–H groups in total. The molecule has 116 valence electrons. The number of nitrogens with zero attached hydrogens (tertiary/aromatic N) is 2. The minimum Gasteiger partial charge on any atom is -0.317 e. The molecule has 1 aromatic rings. The highest BCUT2D eigenvalue weighted by molar-refractivity contribution is 7.13. The summed E-state index contributed by atoms with van der Waals surface area (Å²) in [6, 6.07) is 0. The van der Waals surface area contributed by atoms with E-state index in [9.17, 15) is 4.79 Å². The van der Waals surface area contributed by atoms with Crippen LogP contribution in [0, 0.1) is 0 Å².